The van der Waals surface area contributed by atoms with Crippen molar-refractivity contribution in [2.45, 2.75) is 13.0 Å². The summed E-state index contributed by atoms with van der Waals surface area (Å²) in [5.74, 6) is -4.76. The first-order valence-corrected chi connectivity index (χ1v) is 9.19. The smallest absolute Gasteiger partial charge is 0.387 e. The van der Waals surface area contributed by atoms with Crippen molar-refractivity contribution in [2.75, 3.05) is 20.1 Å². The Morgan fingerprint density at radius 3 is 2.23 bits per heavy atom. The Morgan fingerprint density at radius 1 is 1.10 bits per heavy atom. The molecule has 10 heteroatoms. The fourth-order valence-electron chi connectivity index (χ4n) is 3.34. The van der Waals surface area contributed by atoms with Crippen LogP contribution in [0.25, 0.3) is 5.70 Å². The summed E-state index contributed by atoms with van der Waals surface area (Å²) in [6, 6.07) is 6.86. The van der Waals surface area contributed by atoms with E-state index in [0.29, 0.717) is 5.57 Å². The molecule has 0 saturated carbocycles. The van der Waals surface area contributed by atoms with Gasteiger partial charge in [-0.05, 0) is 42.8 Å². The van der Waals surface area contributed by atoms with Crippen LogP contribution in [-0.4, -0.2) is 43.3 Å². The summed E-state index contributed by atoms with van der Waals surface area (Å²) in [4.78, 5) is 14.1. The van der Waals surface area contributed by atoms with Crippen LogP contribution in [0.4, 0.5) is 22.0 Å². The van der Waals surface area contributed by atoms with Gasteiger partial charge in [-0.1, -0.05) is 0 Å². The molecule has 5 nitrogen and oxygen atoms in total. The highest BCUT2D eigenvalue weighted by atomic mass is 19.3. The van der Waals surface area contributed by atoms with Crippen molar-refractivity contribution in [3.63, 3.8) is 0 Å². The van der Waals surface area contributed by atoms with E-state index in [1.165, 1.54) is 36.2 Å². The number of ether oxygens (including phenoxy) is 1. The average Bonchev–Trinajstić information content (AvgIpc) is 2.73. The monoisotopic (exact) mass is 439 g/mol. The zero-order valence-corrected chi connectivity index (χ0v) is 16.3. The molecule has 3 rings (SSSR count). The summed E-state index contributed by atoms with van der Waals surface area (Å²) >= 11 is 0. The fourth-order valence-corrected chi connectivity index (χ4v) is 3.34. The maximum Gasteiger partial charge on any atom is 0.387 e. The van der Waals surface area contributed by atoms with E-state index in [1.54, 1.807) is 0 Å². The zero-order chi connectivity index (χ0) is 22.7. The number of halogens is 5. The predicted molar refractivity (Wildman–Crippen MR) is 104 cm³/mol. The van der Waals surface area contributed by atoms with E-state index in [9.17, 15) is 26.7 Å². The van der Waals surface area contributed by atoms with Crippen LogP contribution in [0.5, 0.6) is 5.75 Å². The molecule has 0 aromatic heterocycles. The van der Waals surface area contributed by atoms with Crippen LogP contribution in [0, 0.1) is 22.9 Å². The number of rotatable bonds is 5. The van der Waals surface area contributed by atoms with Crippen molar-refractivity contribution in [3.8, 4) is 5.75 Å². The molecule has 2 aromatic carbocycles. The molecule has 2 N–H and O–H groups in total. The van der Waals surface area contributed by atoms with Gasteiger partial charge in [-0.15, -0.1) is 0 Å². The SMILES string of the molecule is CN/C(=C1/CCN(C(=O)c2ccc(OC(F)F)cc2)CC1=N)c1cc(F)c(F)c(F)c1. The van der Waals surface area contributed by atoms with E-state index in [1.807, 2.05) is 0 Å². The third-order valence-corrected chi connectivity index (χ3v) is 4.78. The molecule has 2 aromatic rings. The number of alkyl halides is 2. The molecule has 31 heavy (non-hydrogen) atoms. The van der Waals surface area contributed by atoms with E-state index < -0.39 is 30.0 Å². The van der Waals surface area contributed by atoms with E-state index in [-0.39, 0.29) is 47.8 Å². The Bertz CT molecular complexity index is 1010. The standard InChI is InChI=1S/C21H18F5N3O2/c1-28-19(12-8-15(22)18(24)16(23)9-12)14-6-7-29(10-17(14)27)20(30)11-2-4-13(5-3-11)31-21(25)26/h2-5,8-9,21,27-28H,6-7,10H2,1H3/b19-14-,27-17?. The van der Waals surface area contributed by atoms with Crippen LogP contribution in [0.2, 0.25) is 0 Å². The third-order valence-electron chi connectivity index (χ3n) is 4.78. The minimum atomic E-state index is -2.97. The zero-order valence-electron chi connectivity index (χ0n) is 16.3. The first-order chi connectivity index (χ1) is 14.7. The van der Waals surface area contributed by atoms with Gasteiger partial charge >= 0.3 is 6.61 Å². The van der Waals surface area contributed by atoms with Crippen molar-refractivity contribution in [1.29, 1.82) is 5.41 Å². The molecule has 1 amide bonds. The number of carbonyl (C=O) groups is 1. The van der Waals surface area contributed by atoms with Gasteiger partial charge < -0.3 is 20.4 Å². The molecule has 1 heterocycles. The minimum absolute atomic E-state index is 0.0479. The Labute approximate surface area is 174 Å². The van der Waals surface area contributed by atoms with Crippen molar-refractivity contribution in [3.05, 3.63) is 70.5 Å². The maximum atomic E-state index is 13.6. The van der Waals surface area contributed by atoms with Gasteiger partial charge in [0, 0.05) is 36.0 Å². The second-order valence-electron chi connectivity index (χ2n) is 6.72. The van der Waals surface area contributed by atoms with Crippen LogP contribution >= 0.6 is 0 Å². The Balaban J connectivity index is 1.79. The lowest BCUT2D eigenvalue weighted by molar-refractivity contribution is -0.0498. The number of piperidine rings is 1. The van der Waals surface area contributed by atoms with Crippen molar-refractivity contribution in [2.24, 2.45) is 0 Å². The van der Waals surface area contributed by atoms with Crippen LogP contribution in [0.15, 0.2) is 42.0 Å². The van der Waals surface area contributed by atoms with Crippen LogP contribution in [-0.2, 0) is 0 Å². The summed E-state index contributed by atoms with van der Waals surface area (Å²) in [6.07, 6.45) is 0.216. The van der Waals surface area contributed by atoms with Crippen molar-refractivity contribution >= 4 is 17.3 Å². The van der Waals surface area contributed by atoms with Gasteiger partial charge in [0.15, 0.2) is 17.5 Å². The number of benzene rings is 2. The highest BCUT2D eigenvalue weighted by molar-refractivity contribution is 6.08. The number of hydrogen-bond acceptors (Lipinski definition) is 4. The van der Waals surface area contributed by atoms with Gasteiger partial charge in [0.05, 0.1) is 12.3 Å². The quantitative estimate of drug-likeness (QED) is 0.542. The number of nitrogens with zero attached hydrogens (tertiary/aromatic N) is 1. The number of hydrogen-bond donors (Lipinski definition) is 2. The predicted octanol–water partition coefficient (Wildman–Crippen LogP) is 4.20. The van der Waals surface area contributed by atoms with Gasteiger partial charge in [0.1, 0.15) is 5.75 Å². The second-order valence-corrected chi connectivity index (χ2v) is 6.72. The molecule has 0 bridgehead atoms. The number of amides is 1. The van der Waals surface area contributed by atoms with Gasteiger partial charge in [0.25, 0.3) is 5.91 Å². The van der Waals surface area contributed by atoms with E-state index in [0.717, 1.165) is 12.1 Å². The summed E-state index contributed by atoms with van der Waals surface area (Å²) in [5, 5.41) is 11.1. The summed E-state index contributed by atoms with van der Waals surface area (Å²) < 4.78 is 69.3. The molecule has 0 aliphatic carbocycles. The highest BCUT2D eigenvalue weighted by Crippen LogP contribution is 2.26. The fraction of sp³-hybridized carbons (Fsp3) is 0.238. The topological polar surface area (TPSA) is 65.4 Å². The van der Waals surface area contributed by atoms with E-state index >= 15 is 0 Å². The molecule has 0 atom stereocenters. The molecule has 0 spiro atoms. The second kappa shape index (κ2) is 9.15. The Hall–Kier alpha value is -3.43. The van der Waals surface area contributed by atoms with Gasteiger partial charge in [-0.3, -0.25) is 4.79 Å². The van der Waals surface area contributed by atoms with Crippen molar-refractivity contribution in [1.82, 2.24) is 10.2 Å². The van der Waals surface area contributed by atoms with Crippen LogP contribution in [0.3, 0.4) is 0 Å². The number of nitrogens with one attached hydrogen (secondary N) is 2. The largest absolute Gasteiger partial charge is 0.435 e. The van der Waals surface area contributed by atoms with Gasteiger partial charge in [-0.25, -0.2) is 13.2 Å². The molecular formula is C21H18F5N3O2. The lowest BCUT2D eigenvalue weighted by Crippen LogP contribution is -2.41. The third kappa shape index (κ3) is 4.84. The first kappa shape index (κ1) is 22.3. The van der Waals surface area contributed by atoms with Gasteiger partial charge in [0.2, 0.25) is 0 Å². The number of carbonyl (C=O) groups excluding carboxylic acids is 1. The molecule has 164 valence electrons. The highest BCUT2D eigenvalue weighted by Gasteiger charge is 2.27. The lowest BCUT2D eigenvalue weighted by atomic mass is 9.95. The molecule has 1 fully saturated rings. The molecular weight excluding hydrogens is 421 g/mol. The Morgan fingerprint density at radius 2 is 1.71 bits per heavy atom. The summed E-state index contributed by atoms with van der Waals surface area (Å²) in [7, 11) is 1.51. The first-order valence-electron chi connectivity index (χ1n) is 9.19. The Kier molecular flexibility index (Phi) is 6.57. The normalized spacial score (nSPS) is 15.8. The van der Waals surface area contributed by atoms with Gasteiger partial charge in [-0.2, -0.15) is 8.78 Å². The van der Waals surface area contributed by atoms with Crippen LogP contribution < -0.4 is 10.1 Å². The van der Waals surface area contributed by atoms with E-state index in [4.69, 9.17) is 5.41 Å². The summed E-state index contributed by atoms with van der Waals surface area (Å²) in [5.41, 5.74) is 1.04. The lowest BCUT2D eigenvalue weighted by Gasteiger charge is -2.30. The molecule has 1 saturated heterocycles. The molecule has 1 aliphatic heterocycles. The molecule has 0 radical (unpaired) electrons. The molecule has 1 aliphatic rings. The maximum absolute atomic E-state index is 13.6. The van der Waals surface area contributed by atoms with Crippen LogP contribution in [0.1, 0.15) is 22.3 Å². The number of likely N-dealkylation sites (tertiary alicyclic amines) is 1. The van der Waals surface area contributed by atoms with E-state index in [2.05, 4.69) is 10.1 Å². The average molecular weight is 439 g/mol. The summed E-state index contributed by atoms with van der Waals surface area (Å²) in [6.45, 7) is -2.83. The van der Waals surface area contributed by atoms with Crippen molar-refractivity contribution < 1.29 is 31.5 Å². The minimum Gasteiger partial charge on any atom is -0.435 e. The molecule has 0 unspecified atom stereocenters.